The lowest BCUT2D eigenvalue weighted by Gasteiger charge is -2.12. The van der Waals surface area contributed by atoms with Crippen LogP contribution >= 0.6 is 0 Å². The molecule has 0 spiro atoms. The minimum Gasteiger partial charge on any atom is -0.322 e. The largest absolute Gasteiger partial charge is 0.433 e. The highest BCUT2D eigenvalue weighted by molar-refractivity contribution is 6.04. The zero-order chi connectivity index (χ0) is 27.3. The number of carbonyl (C=O) groups excluding carboxylic acids is 2. The van der Waals surface area contributed by atoms with E-state index in [4.69, 9.17) is 5.26 Å². The standard InChI is InChI=1S/C27H19F3N6O2/c1-16-2-3-20(35-26(38)19-7-10-33-23(13-19)27(28,29)30)15-21(16)17-5-9-32-22(12-17)18-6-11-34-24(14-18)36-25(37)4-8-31/h2-3,5-7,9-15H,4H2,1H3,(H,35,38)(H,34,36,37). The van der Waals surface area contributed by atoms with Gasteiger partial charge in [0.2, 0.25) is 5.91 Å². The Balaban J connectivity index is 1.59. The van der Waals surface area contributed by atoms with Crippen molar-refractivity contribution in [1.29, 1.82) is 5.26 Å². The monoisotopic (exact) mass is 516 g/mol. The molecule has 8 nitrogen and oxygen atoms in total. The van der Waals surface area contributed by atoms with Gasteiger partial charge in [-0.05, 0) is 72.1 Å². The molecule has 0 bridgehead atoms. The fourth-order valence-corrected chi connectivity index (χ4v) is 3.61. The molecule has 0 atom stereocenters. The third kappa shape index (κ3) is 6.17. The Morgan fingerprint density at radius 3 is 2.39 bits per heavy atom. The molecule has 0 aliphatic carbocycles. The molecule has 0 saturated heterocycles. The lowest BCUT2D eigenvalue weighted by Crippen LogP contribution is -2.15. The van der Waals surface area contributed by atoms with Crippen LogP contribution in [0.15, 0.2) is 73.2 Å². The maximum Gasteiger partial charge on any atom is 0.433 e. The van der Waals surface area contributed by atoms with E-state index in [1.165, 1.54) is 12.3 Å². The summed E-state index contributed by atoms with van der Waals surface area (Å²) in [4.78, 5) is 36.1. The summed E-state index contributed by atoms with van der Waals surface area (Å²) in [7, 11) is 0. The molecule has 0 aliphatic heterocycles. The highest BCUT2D eigenvalue weighted by Gasteiger charge is 2.33. The van der Waals surface area contributed by atoms with E-state index < -0.39 is 23.7 Å². The molecule has 2 N–H and O–H groups in total. The van der Waals surface area contributed by atoms with Crippen molar-refractivity contribution in [3.8, 4) is 28.5 Å². The number of benzene rings is 1. The van der Waals surface area contributed by atoms with Gasteiger partial charge in [0.25, 0.3) is 5.91 Å². The van der Waals surface area contributed by atoms with Crippen LogP contribution in [0.5, 0.6) is 0 Å². The first-order valence-corrected chi connectivity index (χ1v) is 11.2. The molecule has 0 fully saturated rings. The van der Waals surface area contributed by atoms with E-state index in [1.807, 2.05) is 13.0 Å². The van der Waals surface area contributed by atoms with E-state index in [1.54, 1.807) is 48.7 Å². The van der Waals surface area contributed by atoms with Gasteiger partial charge in [-0.2, -0.15) is 18.4 Å². The topological polar surface area (TPSA) is 121 Å². The molecule has 11 heteroatoms. The van der Waals surface area contributed by atoms with Gasteiger partial charge in [-0.1, -0.05) is 6.07 Å². The van der Waals surface area contributed by atoms with Crippen molar-refractivity contribution in [3.05, 3.63) is 90.0 Å². The van der Waals surface area contributed by atoms with Crippen LogP contribution in [0.2, 0.25) is 0 Å². The molecule has 0 aliphatic rings. The first kappa shape index (κ1) is 26.0. The molecule has 4 rings (SSSR count). The molecule has 38 heavy (non-hydrogen) atoms. The summed E-state index contributed by atoms with van der Waals surface area (Å²) in [5.74, 6) is -0.902. The molecule has 3 aromatic heterocycles. The van der Waals surface area contributed by atoms with Gasteiger partial charge in [0.05, 0.1) is 11.8 Å². The first-order valence-electron chi connectivity index (χ1n) is 11.2. The van der Waals surface area contributed by atoms with Crippen molar-refractivity contribution in [2.45, 2.75) is 19.5 Å². The summed E-state index contributed by atoms with van der Waals surface area (Å²) in [6.45, 7) is 1.88. The first-order chi connectivity index (χ1) is 18.1. The summed E-state index contributed by atoms with van der Waals surface area (Å²) in [5.41, 5.74) is 2.78. The average Bonchev–Trinajstić information content (AvgIpc) is 2.89. The van der Waals surface area contributed by atoms with Crippen LogP contribution in [0, 0.1) is 18.3 Å². The SMILES string of the molecule is Cc1ccc(NC(=O)c2ccnc(C(F)(F)F)c2)cc1-c1ccnc(-c2ccnc(NC(=O)CC#N)c2)c1. The normalized spacial score (nSPS) is 10.9. The number of pyridine rings is 3. The molecule has 0 saturated carbocycles. The third-order valence-electron chi connectivity index (χ3n) is 5.44. The van der Waals surface area contributed by atoms with E-state index >= 15 is 0 Å². The minimum atomic E-state index is -4.66. The Bertz CT molecular complexity index is 1560. The average molecular weight is 516 g/mol. The second-order valence-electron chi connectivity index (χ2n) is 8.15. The predicted octanol–water partition coefficient (Wildman–Crippen LogP) is 5.64. The van der Waals surface area contributed by atoms with Gasteiger partial charge in [0.1, 0.15) is 17.9 Å². The number of nitrogens with one attached hydrogen (secondary N) is 2. The minimum absolute atomic E-state index is 0.170. The van der Waals surface area contributed by atoms with Crippen molar-refractivity contribution in [2.24, 2.45) is 0 Å². The summed E-state index contributed by atoms with van der Waals surface area (Å²) in [6, 6.07) is 15.8. The van der Waals surface area contributed by atoms with Crippen molar-refractivity contribution in [1.82, 2.24) is 15.0 Å². The number of alkyl halides is 3. The van der Waals surface area contributed by atoms with Gasteiger partial charge in [0, 0.05) is 35.4 Å². The third-order valence-corrected chi connectivity index (χ3v) is 5.44. The molecular formula is C27H19F3N6O2. The van der Waals surface area contributed by atoms with Crippen molar-refractivity contribution < 1.29 is 22.8 Å². The number of carbonyl (C=O) groups is 2. The van der Waals surface area contributed by atoms with E-state index in [0.29, 0.717) is 23.0 Å². The van der Waals surface area contributed by atoms with Gasteiger partial charge in [-0.15, -0.1) is 0 Å². The maximum absolute atomic E-state index is 13.0. The Hall–Kier alpha value is -5.11. The Morgan fingerprint density at radius 1 is 0.895 bits per heavy atom. The smallest absolute Gasteiger partial charge is 0.322 e. The number of amides is 2. The second kappa shape index (κ2) is 10.9. The molecule has 0 radical (unpaired) electrons. The summed E-state index contributed by atoms with van der Waals surface area (Å²) < 4.78 is 38.9. The van der Waals surface area contributed by atoms with Crippen molar-refractivity contribution in [3.63, 3.8) is 0 Å². The number of hydrogen-bond donors (Lipinski definition) is 2. The van der Waals surface area contributed by atoms with Crippen LogP contribution in [0.3, 0.4) is 0 Å². The number of nitriles is 1. The molecule has 3 heterocycles. The zero-order valence-corrected chi connectivity index (χ0v) is 19.9. The van der Waals surface area contributed by atoms with E-state index in [-0.39, 0.29) is 17.8 Å². The van der Waals surface area contributed by atoms with E-state index in [0.717, 1.165) is 22.9 Å². The van der Waals surface area contributed by atoms with Gasteiger partial charge in [-0.3, -0.25) is 19.6 Å². The number of nitrogens with zero attached hydrogens (tertiary/aromatic N) is 4. The van der Waals surface area contributed by atoms with Crippen LogP contribution in [0.1, 0.15) is 28.0 Å². The summed E-state index contributed by atoms with van der Waals surface area (Å²) in [6.07, 6.45) is -0.896. The van der Waals surface area contributed by atoms with Crippen LogP contribution in [0.25, 0.3) is 22.4 Å². The van der Waals surface area contributed by atoms with Crippen LogP contribution in [-0.4, -0.2) is 26.8 Å². The Labute approximate surface area is 215 Å². The second-order valence-corrected chi connectivity index (χ2v) is 8.15. The molecule has 4 aromatic rings. The highest BCUT2D eigenvalue weighted by Crippen LogP contribution is 2.31. The lowest BCUT2D eigenvalue weighted by molar-refractivity contribution is -0.141. The van der Waals surface area contributed by atoms with Crippen LogP contribution in [0.4, 0.5) is 24.7 Å². The number of rotatable bonds is 6. The molecule has 0 unspecified atom stereocenters. The van der Waals surface area contributed by atoms with Gasteiger partial charge < -0.3 is 10.6 Å². The summed E-state index contributed by atoms with van der Waals surface area (Å²) in [5, 5.41) is 13.9. The fraction of sp³-hybridized carbons (Fsp3) is 0.111. The Kier molecular flexibility index (Phi) is 7.43. The molecule has 1 aromatic carbocycles. The number of hydrogen-bond acceptors (Lipinski definition) is 6. The molecular weight excluding hydrogens is 497 g/mol. The lowest BCUT2D eigenvalue weighted by atomic mass is 9.99. The highest BCUT2D eigenvalue weighted by atomic mass is 19.4. The number of halogens is 3. The van der Waals surface area contributed by atoms with Crippen molar-refractivity contribution >= 4 is 23.3 Å². The van der Waals surface area contributed by atoms with E-state index in [2.05, 4.69) is 25.6 Å². The van der Waals surface area contributed by atoms with E-state index in [9.17, 15) is 22.8 Å². The maximum atomic E-state index is 13.0. The number of aromatic nitrogens is 3. The number of aryl methyl sites for hydroxylation is 1. The zero-order valence-electron chi connectivity index (χ0n) is 19.9. The Morgan fingerprint density at radius 2 is 1.63 bits per heavy atom. The molecule has 190 valence electrons. The fourth-order valence-electron chi connectivity index (χ4n) is 3.61. The van der Waals surface area contributed by atoms with Gasteiger partial charge in [0.15, 0.2) is 0 Å². The quantitative estimate of drug-likeness (QED) is 0.342. The van der Waals surface area contributed by atoms with Gasteiger partial charge >= 0.3 is 6.18 Å². The summed E-state index contributed by atoms with van der Waals surface area (Å²) >= 11 is 0. The van der Waals surface area contributed by atoms with Gasteiger partial charge in [-0.25, -0.2) is 4.98 Å². The molecule has 2 amide bonds. The predicted molar refractivity (Wildman–Crippen MR) is 134 cm³/mol. The van der Waals surface area contributed by atoms with Crippen LogP contribution in [-0.2, 0) is 11.0 Å². The number of anilines is 2. The van der Waals surface area contributed by atoms with Crippen LogP contribution < -0.4 is 10.6 Å². The van der Waals surface area contributed by atoms with Crippen molar-refractivity contribution in [2.75, 3.05) is 10.6 Å².